The van der Waals surface area contributed by atoms with Crippen LogP contribution in [0.5, 0.6) is 5.75 Å². The number of nitrogens with one attached hydrogen (secondary N) is 1. The topological polar surface area (TPSA) is 69.0 Å². The van der Waals surface area contributed by atoms with E-state index in [-0.39, 0.29) is 5.91 Å². The molecule has 7 heteroatoms. The Morgan fingerprint density at radius 1 is 0.969 bits per heavy atom. The molecule has 0 saturated heterocycles. The lowest BCUT2D eigenvalue weighted by Gasteiger charge is -2.16. The van der Waals surface area contributed by atoms with Gasteiger partial charge in [0.15, 0.2) is 11.0 Å². The zero-order valence-electron chi connectivity index (χ0n) is 18.1. The van der Waals surface area contributed by atoms with Crippen molar-refractivity contribution in [3.05, 3.63) is 84.4 Å². The largest absolute Gasteiger partial charge is 0.495 e. The summed E-state index contributed by atoms with van der Waals surface area (Å²) >= 11 is 1.35. The lowest BCUT2D eigenvalue weighted by Crippen LogP contribution is -2.23. The lowest BCUT2D eigenvalue weighted by molar-refractivity contribution is -0.115. The summed E-state index contributed by atoms with van der Waals surface area (Å²) in [6.07, 6.45) is 0. The highest BCUT2D eigenvalue weighted by Crippen LogP contribution is 2.34. The predicted octanol–water partition coefficient (Wildman–Crippen LogP) is 5.37. The van der Waals surface area contributed by atoms with Gasteiger partial charge in [-0.3, -0.25) is 9.36 Å². The fourth-order valence-electron chi connectivity index (χ4n) is 3.31. The minimum atomic E-state index is -0.393. The second-order valence-corrected chi connectivity index (χ2v) is 8.55. The Kier molecular flexibility index (Phi) is 6.56. The Morgan fingerprint density at radius 2 is 1.66 bits per heavy atom. The molecule has 0 aliphatic heterocycles. The van der Waals surface area contributed by atoms with Gasteiger partial charge in [-0.2, -0.15) is 0 Å². The molecular formula is C25H24N4O2S. The first-order chi connectivity index (χ1) is 15.6. The van der Waals surface area contributed by atoms with Gasteiger partial charge < -0.3 is 10.1 Å². The normalized spacial score (nSPS) is 11.7. The zero-order chi connectivity index (χ0) is 22.5. The van der Waals surface area contributed by atoms with E-state index >= 15 is 0 Å². The summed E-state index contributed by atoms with van der Waals surface area (Å²) < 4.78 is 7.54. The molecule has 32 heavy (non-hydrogen) atoms. The number of benzene rings is 3. The van der Waals surface area contributed by atoms with E-state index in [1.54, 1.807) is 7.11 Å². The molecular weight excluding hydrogens is 420 g/mol. The van der Waals surface area contributed by atoms with Crippen molar-refractivity contribution in [3.63, 3.8) is 0 Å². The molecule has 162 valence electrons. The number of aryl methyl sites for hydroxylation is 1. The average molecular weight is 445 g/mol. The minimum absolute atomic E-state index is 0.0971. The van der Waals surface area contributed by atoms with Crippen molar-refractivity contribution in [2.45, 2.75) is 24.3 Å². The van der Waals surface area contributed by atoms with Crippen LogP contribution >= 0.6 is 11.8 Å². The summed E-state index contributed by atoms with van der Waals surface area (Å²) in [7, 11) is 1.64. The number of hydrogen-bond acceptors (Lipinski definition) is 5. The maximum Gasteiger partial charge on any atom is 0.237 e. The fraction of sp³-hybridized carbons (Fsp3) is 0.160. The Morgan fingerprint density at radius 3 is 2.41 bits per heavy atom. The number of carbonyl (C=O) groups excluding carboxylic acids is 1. The number of hydrogen-bond donors (Lipinski definition) is 1. The summed E-state index contributed by atoms with van der Waals surface area (Å²) in [4.78, 5) is 12.9. The second-order valence-electron chi connectivity index (χ2n) is 7.24. The Balaban J connectivity index is 1.69. The van der Waals surface area contributed by atoms with Gasteiger partial charge in [0.1, 0.15) is 5.75 Å². The van der Waals surface area contributed by atoms with Crippen LogP contribution in [-0.2, 0) is 4.79 Å². The Labute approximate surface area is 191 Å². The number of aromatic nitrogens is 3. The van der Waals surface area contributed by atoms with Crippen molar-refractivity contribution in [2.75, 3.05) is 12.4 Å². The molecule has 0 aliphatic rings. The maximum atomic E-state index is 12.9. The minimum Gasteiger partial charge on any atom is -0.495 e. The number of ether oxygens (including phenoxy) is 1. The molecule has 6 nitrogen and oxygen atoms in total. The summed E-state index contributed by atoms with van der Waals surface area (Å²) in [5.74, 6) is 1.28. The first kappa shape index (κ1) is 21.6. The number of amides is 1. The molecule has 1 heterocycles. The summed E-state index contributed by atoms with van der Waals surface area (Å²) in [5, 5.41) is 12.1. The molecule has 0 aliphatic carbocycles. The van der Waals surface area contributed by atoms with Gasteiger partial charge >= 0.3 is 0 Å². The van der Waals surface area contributed by atoms with E-state index in [4.69, 9.17) is 4.74 Å². The molecule has 3 aromatic carbocycles. The molecule has 0 bridgehead atoms. The van der Waals surface area contributed by atoms with E-state index < -0.39 is 5.25 Å². The van der Waals surface area contributed by atoms with Crippen molar-refractivity contribution >= 4 is 23.4 Å². The summed E-state index contributed by atoms with van der Waals surface area (Å²) in [6.45, 7) is 3.83. The number of anilines is 1. The van der Waals surface area contributed by atoms with Crippen molar-refractivity contribution < 1.29 is 9.53 Å². The number of carbonyl (C=O) groups is 1. The summed E-state index contributed by atoms with van der Waals surface area (Å²) in [5.41, 5.74) is 3.56. The molecule has 1 aromatic heterocycles. The van der Waals surface area contributed by atoms with Crippen LogP contribution < -0.4 is 10.1 Å². The van der Waals surface area contributed by atoms with Crippen LogP contribution in [-0.4, -0.2) is 33.0 Å². The first-order valence-electron chi connectivity index (χ1n) is 10.3. The van der Waals surface area contributed by atoms with Gasteiger partial charge in [0.25, 0.3) is 0 Å². The van der Waals surface area contributed by atoms with Crippen molar-refractivity contribution in [1.29, 1.82) is 0 Å². The van der Waals surface area contributed by atoms with Gasteiger partial charge in [0.2, 0.25) is 5.91 Å². The number of nitrogens with zero attached hydrogens (tertiary/aromatic N) is 3. The van der Waals surface area contributed by atoms with Gasteiger partial charge in [0.05, 0.1) is 18.0 Å². The molecule has 4 aromatic rings. The van der Waals surface area contributed by atoms with E-state index in [1.807, 2.05) is 97.3 Å². The standard InChI is InChI=1S/C25H24N4O2S/c1-17-11-7-8-14-20(17)26-24(30)18(2)32-25-28-27-23(19-12-5-4-6-13-19)29(25)21-15-9-10-16-22(21)31-3/h4-16,18H,1-3H3,(H,26,30). The quantitative estimate of drug-likeness (QED) is 0.388. The fourth-order valence-corrected chi connectivity index (χ4v) is 4.17. The number of methoxy groups -OCH3 is 1. The molecule has 1 N–H and O–H groups in total. The van der Waals surface area contributed by atoms with Crippen molar-refractivity contribution in [2.24, 2.45) is 0 Å². The van der Waals surface area contributed by atoms with E-state index in [2.05, 4.69) is 15.5 Å². The predicted molar refractivity (Wildman–Crippen MR) is 128 cm³/mol. The molecule has 0 fully saturated rings. The van der Waals surface area contributed by atoms with E-state index in [0.717, 1.165) is 22.5 Å². The van der Waals surface area contributed by atoms with Crippen LogP contribution in [0.3, 0.4) is 0 Å². The number of rotatable bonds is 7. The van der Waals surface area contributed by atoms with Crippen LogP contribution in [0.25, 0.3) is 17.1 Å². The third-order valence-electron chi connectivity index (χ3n) is 5.05. The van der Waals surface area contributed by atoms with Crippen LogP contribution in [0.2, 0.25) is 0 Å². The van der Waals surface area contributed by atoms with E-state index in [1.165, 1.54) is 11.8 Å². The van der Waals surface area contributed by atoms with Gasteiger partial charge in [-0.15, -0.1) is 10.2 Å². The van der Waals surface area contributed by atoms with Gasteiger partial charge in [-0.25, -0.2) is 0 Å². The van der Waals surface area contributed by atoms with Gasteiger partial charge in [-0.1, -0.05) is 72.4 Å². The van der Waals surface area contributed by atoms with E-state index in [9.17, 15) is 4.79 Å². The number of thioether (sulfide) groups is 1. The van der Waals surface area contributed by atoms with Gasteiger partial charge in [0, 0.05) is 11.3 Å². The lowest BCUT2D eigenvalue weighted by atomic mass is 10.2. The maximum absolute atomic E-state index is 12.9. The van der Waals surface area contributed by atoms with Crippen LogP contribution in [0.15, 0.2) is 84.0 Å². The van der Waals surface area contributed by atoms with E-state index in [0.29, 0.717) is 16.7 Å². The monoisotopic (exact) mass is 444 g/mol. The van der Waals surface area contributed by atoms with Gasteiger partial charge in [-0.05, 0) is 37.6 Å². The molecule has 0 spiro atoms. The van der Waals surface area contributed by atoms with Crippen molar-refractivity contribution in [3.8, 4) is 22.8 Å². The summed E-state index contributed by atoms with van der Waals surface area (Å²) in [6, 6.07) is 25.3. The molecule has 1 amide bonds. The third kappa shape index (κ3) is 4.53. The Hall–Kier alpha value is -3.58. The highest BCUT2D eigenvalue weighted by Gasteiger charge is 2.23. The zero-order valence-corrected chi connectivity index (χ0v) is 19.0. The molecule has 0 radical (unpaired) electrons. The van der Waals surface area contributed by atoms with Crippen LogP contribution in [0.4, 0.5) is 5.69 Å². The highest BCUT2D eigenvalue weighted by molar-refractivity contribution is 8.00. The Bertz CT molecular complexity index is 1220. The molecule has 4 rings (SSSR count). The van der Waals surface area contributed by atoms with Crippen molar-refractivity contribution in [1.82, 2.24) is 14.8 Å². The number of para-hydroxylation sites is 3. The first-order valence-corrected chi connectivity index (χ1v) is 11.1. The SMILES string of the molecule is COc1ccccc1-n1c(SC(C)C(=O)Nc2ccccc2C)nnc1-c1ccccc1. The van der Waals surface area contributed by atoms with Crippen LogP contribution in [0.1, 0.15) is 12.5 Å². The second kappa shape index (κ2) is 9.70. The molecule has 1 unspecified atom stereocenters. The molecule has 0 saturated carbocycles. The molecule has 1 atom stereocenters. The smallest absolute Gasteiger partial charge is 0.237 e. The average Bonchev–Trinajstić information content (AvgIpc) is 3.24. The third-order valence-corrected chi connectivity index (χ3v) is 6.09. The highest BCUT2D eigenvalue weighted by atomic mass is 32.2. The van der Waals surface area contributed by atoms with Crippen LogP contribution in [0, 0.1) is 6.92 Å².